The molecule has 8 heteroatoms. The van der Waals surface area contributed by atoms with Crippen LogP contribution >= 0.6 is 12.4 Å². The van der Waals surface area contributed by atoms with Crippen LogP contribution in [0.3, 0.4) is 0 Å². The molecule has 0 spiro atoms. The van der Waals surface area contributed by atoms with Crippen LogP contribution in [0.5, 0.6) is 0 Å². The molecule has 1 aromatic carbocycles. The number of rotatable bonds is 4. The Morgan fingerprint density at radius 1 is 1.03 bits per heavy atom. The number of carbonyl (C=O) groups is 2. The number of aromatic nitrogens is 2. The van der Waals surface area contributed by atoms with Crippen LogP contribution < -0.4 is 11.0 Å². The summed E-state index contributed by atoms with van der Waals surface area (Å²) in [5, 5.41) is 3.40. The molecule has 29 heavy (non-hydrogen) atoms. The molecule has 158 valence electrons. The molecular formula is C21H29ClN4O3. The van der Waals surface area contributed by atoms with E-state index in [-0.39, 0.29) is 36.3 Å². The lowest BCUT2D eigenvalue weighted by Gasteiger charge is -2.28. The summed E-state index contributed by atoms with van der Waals surface area (Å²) >= 11 is 0. The fourth-order valence-electron chi connectivity index (χ4n) is 4.54. The van der Waals surface area contributed by atoms with E-state index in [1.54, 1.807) is 16.2 Å². The average molecular weight is 421 g/mol. The van der Waals surface area contributed by atoms with E-state index in [1.165, 1.54) is 25.5 Å². The number of benzene rings is 1. The van der Waals surface area contributed by atoms with Crippen LogP contribution in [0.4, 0.5) is 0 Å². The maximum absolute atomic E-state index is 12.9. The molecule has 0 aliphatic carbocycles. The van der Waals surface area contributed by atoms with E-state index in [2.05, 4.69) is 17.4 Å². The van der Waals surface area contributed by atoms with E-state index in [1.807, 2.05) is 6.07 Å². The second kappa shape index (κ2) is 8.71. The van der Waals surface area contributed by atoms with Crippen LogP contribution in [-0.4, -0.2) is 46.0 Å². The summed E-state index contributed by atoms with van der Waals surface area (Å²) in [7, 11) is 3.24. The lowest BCUT2D eigenvalue weighted by atomic mass is 9.91. The molecule has 1 N–H and O–H groups in total. The molecule has 1 atom stereocenters. The molecule has 0 saturated carbocycles. The van der Waals surface area contributed by atoms with Crippen molar-refractivity contribution in [2.24, 2.45) is 13.0 Å². The standard InChI is InChI=1S/C21H28N4O3.ClH/c1-23-18-13-15(4-3-14-9-11-22-12-10-14)5-6-16(18)25(21(23)28)17-7-8-19(26)24(2)20(17)27;/h5-6,13-14,17,22H,3-4,7-12H2,1-2H3;1H. The number of halogens is 1. The maximum atomic E-state index is 12.9. The van der Waals surface area contributed by atoms with Crippen LogP contribution in [0.25, 0.3) is 11.0 Å². The van der Waals surface area contributed by atoms with Crippen LogP contribution in [-0.2, 0) is 23.1 Å². The highest BCUT2D eigenvalue weighted by Crippen LogP contribution is 2.27. The van der Waals surface area contributed by atoms with Crippen molar-refractivity contribution in [2.45, 2.75) is 44.6 Å². The van der Waals surface area contributed by atoms with Gasteiger partial charge >= 0.3 is 5.69 Å². The van der Waals surface area contributed by atoms with Gasteiger partial charge in [0.15, 0.2) is 0 Å². The lowest BCUT2D eigenvalue weighted by molar-refractivity contribution is -0.149. The van der Waals surface area contributed by atoms with Gasteiger partial charge in [-0.15, -0.1) is 12.4 Å². The number of nitrogens with one attached hydrogen (secondary N) is 1. The number of likely N-dealkylation sites (N-methyl/N-ethyl adjacent to an activating group) is 1. The number of nitrogens with zero attached hydrogens (tertiary/aromatic N) is 3. The Balaban J connectivity index is 0.00000240. The van der Waals surface area contributed by atoms with Gasteiger partial charge in [0, 0.05) is 20.5 Å². The molecule has 0 radical (unpaired) electrons. The molecule has 3 heterocycles. The Morgan fingerprint density at radius 3 is 2.48 bits per heavy atom. The fourth-order valence-corrected chi connectivity index (χ4v) is 4.54. The van der Waals surface area contributed by atoms with Gasteiger partial charge in [0.2, 0.25) is 5.91 Å². The minimum absolute atomic E-state index is 0. The highest BCUT2D eigenvalue weighted by molar-refractivity contribution is 5.99. The van der Waals surface area contributed by atoms with Crippen molar-refractivity contribution in [2.75, 3.05) is 20.1 Å². The number of fused-ring (bicyclic) bond motifs is 1. The number of imidazole rings is 1. The van der Waals surface area contributed by atoms with E-state index >= 15 is 0 Å². The van der Waals surface area contributed by atoms with Gasteiger partial charge in [-0.3, -0.25) is 23.6 Å². The Kier molecular flexibility index (Phi) is 6.49. The normalized spacial score (nSPS) is 20.9. The number of imide groups is 1. The minimum Gasteiger partial charge on any atom is -0.317 e. The average Bonchev–Trinajstić information content (AvgIpc) is 2.96. The van der Waals surface area contributed by atoms with E-state index in [4.69, 9.17) is 0 Å². The first-order chi connectivity index (χ1) is 13.5. The quantitative estimate of drug-likeness (QED) is 0.767. The summed E-state index contributed by atoms with van der Waals surface area (Å²) in [6.45, 7) is 2.21. The van der Waals surface area contributed by atoms with Gasteiger partial charge < -0.3 is 5.32 Å². The van der Waals surface area contributed by atoms with Crippen molar-refractivity contribution in [1.29, 1.82) is 0 Å². The summed E-state index contributed by atoms with van der Waals surface area (Å²) in [4.78, 5) is 38.5. The molecule has 2 aliphatic rings. The number of hydrogen-bond donors (Lipinski definition) is 1. The third-order valence-electron chi connectivity index (χ3n) is 6.39. The highest BCUT2D eigenvalue weighted by atomic mass is 35.5. The largest absolute Gasteiger partial charge is 0.329 e. The fraction of sp³-hybridized carbons (Fsp3) is 0.571. The SMILES string of the molecule is CN1C(=O)CCC(n2c(=O)n(C)c3cc(CCC4CCNCC4)ccc32)C1=O.Cl. The summed E-state index contributed by atoms with van der Waals surface area (Å²) < 4.78 is 3.18. The number of aryl methyl sites for hydroxylation is 2. The van der Waals surface area contributed by atoms with E-state index in [9.17, 15) is 14.4 Å². The number of piperidine rings is 2. The van der Waals surface area contributed by atoms with Gasteiger partial charge in [-0.2, -0.15) is 0 Å². The van der Waals surface area contributed by atoms with Crippen LogP contribution in [0.15, 0.2) is 23.0 Å². The Hall–Kier alpha value is -2.12. The monoisotopic (exact) mass is 420 g/mol. The zero-order valence-corrected chi connectivity index (χ0v) is 17.8. The van der Waals surface area contributed by atoms with Crippen molar-refractivity contribution in [3.63, 3.8) is 0 Å². The molecule has 1 unspecified atom stereocenters. The van der Waals surface area contributed by atoms with Crippen LogP contribution in [0.1, 0.15) is 43.7 Å². The second-order valence-corrected chi connectivity index (χ2v) is 8.11. The third kappa shape index (κ3) is 3.98. The molecular weight excluding hydrogens is 392 g/mol. The van der Waals surface area contributed by atoms with Gasteiger partial charge in [-0.25, -0.2) is 4.79 Å². The van der Waals surface area contributed by atoms with Gasteiger partial charge in [0.25, 0.3) is 5.91 Å². The molecule has 1 aromatic heterocycles. The molecule has 2 saturated heterocycles. The minimum atomic E-state index is -0.612. The summed E-state index contributed by atoms with van der Waals surface area (Å²) in [6.07, 6.45) is 5.28. The second-order valence-electron chi connectivity index (χ2n) is 8.11. The van der Waals surface area contributed by atoms with Gasteiger partial charge in [-0.1, -0.05) is 6.07 Å². The first-order valence-corrected chi connectivity index (χ1v) is 10.2. The van der Waals surface area contributed by atoms with E-state index < -0.39 is 6.04 Å². The number of carbonyl (C=O) groups excluding carboxylic acids is 2. The molecule has 7 nitrogen and oxygen atoms in total. The number of hydrogen-bond acceptors (Lipinski definition) is 4. The topological polar surface area (TPSA) is 76.3 Å². The molecule has 2 aliphatic heterocycles. The number of likely N-dealkylation sites (tertiary alicyclic amines) is 1. The molecule has 2 amide bonds. The highest BCUT2D eigenvalue weighted by Gasteiger charge is 2.35. The molecule has 4 rings (SSSR count). The summed E-state index contributed by atoms with van der Waals surface area (Å²) in [5.41, 5.74) is 2.63. The van der Waals surface area contributed by atoms with Gasteiger partial charge in [-0.05, 0) is 68.8 Å². The van der Waals surface area contributed by atoms with Crippen molar-refractivity contribution < 1.29 is 9.59 Å². The number of amides is 2. The molecule has 2 fully saturated rings. The van der Waals surface area contributed by atoms with Crippen LogP contribution in [0.2, 0.25) is 0 Å². The lowest BCUT2D eigenvalue weighted by Crippen LogP contribution is -2.45. The van der Waals surface area contributed by atoms with Gasteiger partial charge in [0.1, 0.15) is 6.04 Å². The first kappa shape index (κ1) is 21.6. The predicted molar refractivity (Wildman–Crippen MR) is 114 cm³/mol. The maximum Gasteiger partial charge on any atom is 0.329 e. The van der Waals surface area contributed by atoms with Crippen molar-refractivity contribution in [3.05, 3.63) is 34.2 Å². The van der Waals surface area contributed by atoms with Crippen molar-refractivity contribution in [3.8, 4) is 0 Å². The predicted octanol–water partition coefficient (Wildman–Crippen LogP) is 2.01. The summed E-state index contributed by atoms with van der Waals surface area (Å²) in [5.74, 6) is 0.272. The summed E-state index contributed by atoms with van der Waals surface area (Å²) in [6, 6.07) is 5.50. The van der Waals surface area contributed by atoms with Crippen molar-refractivity contribution >= 4 is 35.3 Å². The zero-order chi connectivity index (χ0) is 19.8. The molecule has 0 bridgehead atoms. The first-order valence-electron chi connectivity index (χ1n) is 10.2. The zero-order valence-electron chi connectivity index (χ0n) is 17.0. The third-order valence-corrected chi connectivity index (χ3v) is 6.39. The Bertz CT molecular complexity index is 974. The van der Waals surface area contributed by atoms with Crippen molar-refractivity contribution in [1.82, 2.24) is 19.4 Å². The van der Waals surface area contributed by atoms with Gasteiger partial charge in [0.05, 0.1) is 11.0 Å². The Morgan fingerprint density at radius 2 is 1.76 bits per heavy atom. The van der Waals surface area contributed by atoms with E-state index in [0.29, 0.717) is 6.42 Å². The smallest absolute Gasteiger partial charge is 0.317 e. The molecule has 2 aromatic rings. The van der Waals surface area contributed by atoms with Crippen LogP contribution in [0, 0.1) is 5.92 Å². The van der Waals surface area contributed by atoms with E-state index in [0.717, 1.165) is 47.8 Å². The Labute approximate surface area is 176 Å².